The second-order valence-electron chi connectivity index (χ2n) is 5.56. The molecule has 1 saturated heterocycles. The molecule has 2 N–H and O–H groups in total. The van der Waals surface area contributed by atoms with E-state index in [9.17, 15) is 14.9 Å². The Bertz CT molecular complexity index is 571. The van der Waals surface area contributed by atoms with E-state index in [1.54, 1.807) is 0 Å². The molecule has 7 nitrogen and oxygen atoms in total. The van der Waals surface area contributed by atoms with Crippen molar-refractivity contribution in [2.45, 2.75) is 26.1 Å². The number of nitro benzene ring substituents is 1. The number of quaternary nitrogens is 1. The van der Waals surface area contributed by atoms with Gasteiger partial charge in [-0.3, -0.25) is 14.9 Å². The van der Waals surface area contributed by atoms with Crippen LogP contribution in [0.25, 0.3) is 0 Å². The van der Waals surface area contributed by atoms with Crippen molar-refractivity contribution in [2.24, 2.45) is 0 Å². The van der Waals surface area contributed by atoms with Gasteiger partial charge in [0.2, 0.25) is 0 Å². The van der Waals surface area contributed by atoms with E-state index in [1.165, 1.54) is 18.2 Å². The molecule has 2 rings (SSSR count). The highest BCUT2D eigenvalue weighted by atomic mass is 35.5. The van der Waals surface area contributed by atoms with E-state index in [-0.39, 0.29) is 41.1 Å². The first-order chi connectivity index (χ1) is 10.3. The fourth-order valence-corrected chi connectivity index (χ4v) is 2.84. The first-order valence-corrected chi connectivity index (χ1v) is 7.45. The molecule has 0 radical (unpaired) electrons. The molecule has 0 unspecified atom stereocenters. The van der Waals surface area contributed by atoms with Crippen LogP contribution in [0, 0.1) is 10.1 Å². The summed E-state index contributed by atoms with van der Waals surface area (Å²) in [5.74, 6) is -0.223. The number of rotatable bonds is 4. The van der Waals surface area contributed by atoms with Crippen LogP contribution >= 0.6 is 11.6 Å². The van der Waals surface area contributed by atoms with Gasteiger partial charge in [-0.05, 0) is 19.9 Å². The number of amides is 1. The van der Waals surface area contributed by atoms with E-state index < -0.39 is 4.92 Å². The Balaban J connectivity index is 2.00. The lowest BCUT2D eigenvalue weighted by Gasteiger charge is -2.31. The van der Waals surface area contributed by atoms with Crippen LogP contribution in [0.3, 0.4) is 0 Å². The van der Waals surface area contributed by atoms with Crippen molar-refractivity contribution in [3.8, 4) is 0 Å². The third-order valence-electron chi connectivity index (χ3n) is 3.46. The zero-order chi connectivity index (χ0) is 16.3. The van der Waals surface area contributed by atoms with Gasteiger partial charge < -0.3 is 15.0 Å². The molecule has 0 saturated carbocycles. The maximum absolute atomic E-state index is 12.1. The summed E-state index contributed by atoms with van der Waals surface area (Å²) in [5, 5.41) is 13.7. The topological polar surface area (TPSA) is 85.9 Å². The van der Waals surface area contributed by atoms with Gasteiger partial charge in [0, 0.05) is 12.1 Å². The average molecular weight is 329 g/mol. The van der Waals surface area contributed by atoms with Gasteiger partial charge in [-0.15, -0.1) is 0 Å². The van der Waals surface area contributed by atoms with E-state index in [1.807, 2.05) is 13.8 Å². The second kappa shape index (κ2) is 7.04. The Hall–Kier alpha value is -1.70. The SMILES string of the molecule is C[C@H]1C[NH+](CC(=O)Nc2cc([N+](=O)[O-])ccc2Cl)C[C@H](C)O1. The number of carbonyl (C=O) groups is 1. The van der Waals surface area contributed by atoms with E-state index in [4.69, 9.17) is 16.3 Å². The fraction of sp³-hybridized carbons (Fsp3) is 0.500. The summed E-state index contributed by atoms with van der Waals surface area (Å²) in [6.45, 7) is 5.73. The van der Waals surface area contributed by atoms with Gasteiger partial charge in [0.15, 0.2) is 6.54 Å². The molecule has 0 aliphatic carbocycles. The molecular weight excluding hydrogens is 310 g/mol. The van der Waals surface area contributed by atoms with Crippen LogP contribution in [0.15, 0.2) is 18.2 Å². The van der Waals surface area contributed by atoms with Crippen molar-refractivity contribution < 1.29 is 19.4 Å². The van der Waals surface area contributed by atoms with E-state index in [2.05, 4.69) is 5.32 Å². The predicted octanol–water partition coefficient (Wildman–Crippen LogP) is 0.879. The van der Waals surface area contributed by atoms with Crippen LogP contribution in [-0.2, 0) is 9.53 Å². The molecule has 1 amide bonds. The standard InChI is InChI=1S/C14H18ClN3O4/c1-9-6-17(7-10(2)22-9)8-14(19)16-13-5-11(18(20)21)3-4-12(13)15/h3-5,9-10H,6-8H2,1-2H3,(H,16,19)/p+1/t9-,10-/m0/s1. The Labute approximate surface area is 133 Å². The van der Waals surface area contributed by atoms with Crippen LogP contribution in [-0.4, -0.2) is 42.7 Å². The Morgan fingerprint density at radius 3 is 2.68 bits per heavy atom. The highest BCUT2D eigenvalue weighted by Gasteiger charge is 2.27. The number of nitro groups is 1. The number of hydrogen-bond acceptors (Lipinski definition) is 4. The summed E-state index contributed by atoms with van der Waals surface area (Å²) in [7, 11) is 0. The number of halogens is 1. The van der Waals surface area contributed by atoms with Gasteiger partial charge in [0.1, 0.15) is 25.3 Å². The molecule has 22 heavy (non-hydrogen) atoms. The molecular formula is C14H19ClN3O4+. The summed E-state index contributed by atoms with van der Waals surface area (Å²) in [6, 6.07) is 3.97. The summed E-state index contributed by atoms with van der Waals surface area (Å²) in [6.07, 6.45) is 0.209. The number of morpholine rings is 1. The lowest BCUT2D eigenvalue weighted by Crippen LogP contribution is -3.16. The molecule has 1 aliphatic heterocycles. The van der Waals surface area contributed by atoms with E-state index in [0.717, 1.165) is 18.0 Å². The predicted molar refractivity (Wildman–Crippen MR) is 82.3 cm³/mol. The van der Waals surface area contributed by atoms with Crippen molar-refractivity contribution in [1.82, 2.24) is 0 Å². The molecule has 8 heteroatoms. The minimum absolute atomic E-state index is 0.105. The molecule has 1 aliphatic rings. The maximum atomic E-state index is 12.1. The lowest BCUT2D eigenvalue weighted by atomic mass is 10.2. The first-order valence-electron chi connectivity index (χ1n) is 7.08. The van der Waals surface area contributed by atoms with Crippen molar-refractivity contribution in [3.05, 3.63) is 33.3 Å². The Morgan fingerprint density at radius 1 is 1.45 bits per heavy atom. The highest BCUT2D eigenvalue weighted by molar-refractivity contribution is 6.33. The quantitative estimate of drug-likeness (QED) is 0.634. The largest absolute Gasteiger partial charge is 0.364 e. The van der Waals surface area contributed by atoms with Crippen LogP contribution in [0.4, 0.5) is 11.4 Å². The van der Waals surface area contributed by atoms with Gasteiger partial charge in [0.05, 0.1) is 15.6 Å². The summed E-state index contributed by atoms with van der Waals surface area (Å²) >= 11 is 5.97. The molecule has 1 fully saturated rings. The maximum Gasteiger partial charge on any atom is 0.279 e. The third kappa shape index (κ3) is 4.40. The second-order valence-corrected chi connectivity index (χ2v) is 5.97. The van der Waals surface area contributed by atoms with Crippen molar-refractivity contribution in [3.63, 3.8) is 0 Å². The lowest BCUT2D eigenvalue weighted by molar-refractivity contribution is -0.907. The third-order valence-corrected chi connectivity index (χ3v) is 3.79. The van der Waals surface area contributed by atoms with Crippen LogP contribution in [0.2, 0.25) is 5.02 Å². The zero-order valence-corrected chi connectivity index (χ0v) is 13.2. The summed E-state index contributed by atoms with van der Waals surface area (Å²) in [5.41, 5.74) is 0.148. The number of ether oxygens (including phenoxy) is 1. The van der Waals surface area contributed by atoms with E-state index >= 15 is 0 Å². The molecule has 1 aromatic rings. The van der Waals surface area contributed by atoms with Gasteiger partial charge in [-0.1, -0.05) is 11.6 Å². The molecule has 1 aromatic carbocycles. The summed E-state index contributed by atoms with van der Waals surface area (Å²) in [4.78, 5) is 23.5. The van der Waals surface area contributed by atoms with Gasteiger partial charge in [-0.2, -0.15) is 0 Å². The van der Waals surface area contributed by atoms with E-state index in [0.29, 0.717) is 0 Å². The monoisotopic (exact) mass is 328 g/mol. The van der Waals surface area contributed by atoms with Gasteiger partial charge in [-0.25, -0.2) is 0 Å². The number of carbonyl (C=O) groups excluding carboxylic acids is 1. The number of benzene rings is 1. The zero-order valence-electron chi connectivity index (χ0n) is 12.5. The number of anilines is 1. The summed E-state index contributed by atoms with van der Waals surface area (Å²) < 4.78 is 5.63. The first kappa shape index (κ1) is 16.7. The number of nitrogens with zero attached hydrogens (tertiary/aromatic N) is 1. The minimum Gasteiger partial charge on any atom is -0.364 e. The Morgan fingerprint density at radius 2 is 2.09 bits per heavy atom. The average Bonchev–Trinajstić information content (AvgIpc) is 2.39. The normalized spacial score (nSPS) is 24.8. The van der Waals surface area contributed by atoms with Gasteiger partial charge >= 0.3 is 0 Å². The highest BCUT2D eigenvalue weighted by Crippen LogP contribution is 2.26. The van der Waals surface area contributed by atoms with Crippen LogP contribution in [0.5, 0.6) is 0 Å². The van der Waals surface area contributed by atoms with Crippen LogP contribution < -0.4 is 10.2 Å². The molecule has 1 heterocycles. The number of hydrogen-bond donors (Lipinski definition) is 2. The van der Waals surface area contributed by atoms with Crippen molar-refractivity contribution in [2.75, 3.05) is 25.0 Å². The molecule has 120 valence electrons. The van der Waals surface area contributed by atoms with Crippen molar-refractivity contribution in [1.29, 1.82) is 0 Å². The number of non-ortho nitro benzene ring substituents is 1. The van der Waals surface area contributed by atoms with Gasteiger partial charge in [0.25, 0.3) is 11.6 Å². The Kier molecular flexibility index (Phi) is 5.33. The molecule has 0 bridgehead atoms. The van der Waals surface area contributed by atoms with Crippen molar-refractivity contribution >= 4 is 28.9 Å². The minimum atomic E-state index is -0.525. The van der Waals surface area contributed by atoms with Crippen LogP contribution in [0.1, 0.15) is 13.8 Å². The molecule has 0 aromatic heterocycles. The molecule has 2 atom stereocenters. The molecule has 0 spiro atoms. The smallest absolute Gasteiger partial charge is 0.279 e. The number of nitrogens with one attached hydrogen (secondary N) is 2. The fourth-order valence-electron chi connectivity index (χ4n) is 2.68.